The molecule has 2 heterocycles. The van der Waals surface area contributed by atoms with Gasteiger partial charge in [-0.1, -0.05) is 43.3 Å². The van der Waals surface area contributed by atoms with Gasteiger partial charge < -0.3 is 4.52 Å². The first-order valence-electron chi connectivity index (χ1n) is 9.57. The summed E-state index contributed by atoms with van der Waals surface area (Å²) in [6, 6.07) is 12.3. The lowest BCUT2D eigenvalue weighted by Crippen LogP contribution is -2.30. The van der Waals surface area contributed by atoms with Crippen molar-refractivity contribution < 1.29 is 17.3 Å². The minimum Gasteiger partial charge on any atom is -0.337 e. The van der Waals surface area contributed by atoms with Gasteiger partial charge in [0, 0.05) is 12.1 Å². The van der Waals surface area contributed by atoms with Crippen LogP contribution in [0.4, 0.5) is 4.39 Å². The summed E-state index contributed by atoms with van der Waals surface area (Å²) in [5, 5.41) is 3.92. The molecule has 0 spiro atoms. The molecule has 29 heavy (non-hydrogen) atoms. The molecule has 0 amide bonds. The van der Waals surface area contributed by atoms with Gasteiger partial charge in [-0.3, -0.25) is 0 Å². The van der Waals surface area contributed by atoms with Crippen LogP contribution in [0.2, 0.25) is 0 Å². The molecule has 2 aromatic carbocycles. The fraction of sp³-hybridized carbons (Fsp3) is 0.333. The van der Waals surface area contributed by atoms with Crippen molar-refractivity contribution in [3.05, 3.63) is 65.8 Å². The van der Waals surface area contributed by atoms with Gasteiger partial charge in [0.15, 0.2) is 0 Å². The molecule has 0 unspecified atom stereocenters. The summed E-state index contributed by atoms with van der Waals surface area (Å²) in [6.07, 6.45) is 1.29. The highest BCUT2D eigenvalue weighted by molar-refractivity contribution is 7.89. The Morgan fingerprint density at radius 3 is 2.62 bits per heavy atom. The second-order valence-electron chi connectivity index (χ2n) is 7.46. The van der Waals surface area contributed by atoms with Gasteiger partial charge in [-0.05, 0) is 48.6 Å². The predicted octanol–water partition coefficient (Wildman–Crippen LogP) is 4.52. The summed E-state index contributed by atoms with van der Waals surface area (Å²) >= 11 is 0. The van der Waals surface area contributed by atoms with E-state index < -0.39 is 21.9 Å². The van der Waals surface area contributed by atoms with Crippen molar-refractivity contribution in [3.8, 4) is 11.4 Å². The molecule has 0 saturated carbocycles. The highest BCUT2D eigenvalue weighted by Crippen LogP contribution is 2.36. The van der Waals surface area contributed by atoms with Gasteiger partial charge in [-0.2, -0.15) is 9.29 Å². The Balaban J connectivity index is 1.62. The summed E-state index contributed by atoms with van der Waals surface area (Å²) in [5.74, 6) is 0.392. The van der Waals surface area contributed by atoms with Crippen LogP contribution in [0, 0.1) is 5.82 Å². The van der Waals surface area contributed by atoms with Crippen LogP contribution in [0.5, 0.6) is 0 Å². The standard InChI is InChI=1S/C21H22FN3O3S/c1-14(2)15-8-10-18(11-9-15)29(26,27)25-12-4-7-19(25)21-23-20(24-28-21)16-5-3-6-17(22)13-16/h3,5-6,8-11,13-14,19H,4,7,12H2,1-2H3/t19-/m1/s1. The number of hydrogen-bond acceptors (Lipinski definition) is 5. The molecular formula is C21H22FN3O3S. The number of hydrogen-bond donors (Lipinski definition) is 0. The van der Waals surface area contributed by atoms with E-state index in [-0.39, 0.29) is 16.6 Å². The van der Waals surface area contributed by atoms with Crippen molar-refractivity contribution >= 4 is 10.0 Å². The topological polar surface area (TPSA) is 76.3 Å². The third-order valence-electron chi connectivity index (χ3n) is 5.17. The average Bonchev–Trinajstić information content (AvgIpc) is 3.37. The molecule has 1 aliphatic heterocycles. The van der Waals surface area contributed by atoms with Crippen LogP contribution < -0.4 is 0 Å². The number of rotatable bonds is 5. The van der Waals surface area contributed by atoms with Crippen molar-refractivity contribution in [3.63, 3.8) is 0 Å². The second kappa shape index (κ2) is 7.68. The number of halogens is 1. The lowest BCUT2D eigenvalue weighted by Gasteiger charge is -2.21. The molecule has 1 atom stereocenters. The first kappa shape index (κ1) is 19.7. The van der Waals surface area contributed by atoms with E-state index in [9.17, 15) is 12.8 Å². The molecule has 3 aromatic rings. The summed E-state index contributed by atoms with van der Waals surface area (Å²) in [7, 11) is -3.70. The zero-order chi connectivity index (χ0) is 20.6. The molecule has 6 nitrogen and oxygen atoms in total. The third kappa shape index (κ3) is 3.82. The van der Waals surface area contributed by atoms with Gasteiger partial charge in [0.2, 0.25) is 21.7 Å². The molecule has 8 heteroatoms. The van der Waals surface area contributed by atoms with Gasteiger partial charge in [0.1, 0.15) is 11.9 Å². The highest BCUT2D eigenvalue weighted by Gasteiger charge is 2.39. The van der Waals surface area contributed by atoms with E-state index in [4.69, 9.17) is 4.52 Å². The maximum Gasteiger partial charge on any atom is 0.245 e. The van der Waals surface area contributed by atoms with Gasteiger partial charge in [0.05, 0.1) is 4.90 Å². The van der Waals surface area contributed by atoms with Crippen LogP contribution in [-0.4, -0.2) is 29.4 Å². The van der Waals surface area contributed by atoms with Crippen LogP contribution >= 0.6 is 0 Å². The van der Waals surface area contributed by atoms with E-state index >= 15 is 0 Å². The first-order chi connectivity index (χ1) is 13.9. The summed E-state index contributed by atoms with van der Waals surface area (Å²) in [5.41, 5.74) is 1.57. The van der Waals surface area contributed by atoms with Crippen molar-refractivity contribution in [1.82, 2.24) is 14.4 Å². The second-order valence-corrected chi connectivity index (χ2v) is 9.35. The predicted molar refractivity (Wildman–Crippen MR) is 106 cm³/mol. The minimum atomic E-state index is -3.70. The van der Waals surface area contributed by atoms with Crippen LogP contribution in [0.1, 0.15) is 50.1 Å². The van der Waals surface area contributed by atoms with Crippen LogP contribution in [0.15, 0.2) is 57.9 Å². The van der Waals surface area contributed by atoms with Gasteiger partial charge >= 0.3 is 0 Å². The SMILES string of the molecule is CC(C)c1ccc(S(=O)(=O)N2CCC[C@@H]2c2nc(-c3cccc(F)c3)no2)cc1. The normalized spacial score (nSPS) is 17.9. The lowest BCUT2D eigenvalue weighted by molar-refractivity contribution is 0.290. The lowest BCUT2D eigenvalue weighted by atomic mass is 10.0. The van der Waals surface area contributed by atoms with E-state index in [0.717, 1.165) is 5.56 Å². The Morgan fingerprint density at radius 2 is 1.93 bits per heavy atom. The van der Waals surface area contributed by atoms with Crippen LogP contribution in [-0.2, 0) is 10.0 Å². The first-order valence-corrected chi connectivity index (χ1v) is 11.0. The quantitative estimate of drug-likeness (QED) is 0.612. The van der Waals surface area contributed by atoms with E-state index in [1.807, 2.05) is 12.1 Å². The smallest absolute Gasteiger partial charge is 0.245 e. The molecule has 0 bridgehead atoms. The molecule has 1 aromatic heterocycles. The Labute approximate surface area is 169 Å². The molecule has 1 fully saturated rings. The minimum absolute atomic E-state index is 0.226. The number of sulfonamides is 1. The molecule has 0 radical (unpaired) electrons. The maximum atomic E-state index is 13.5. The van der Waals surface area contributed by atoms with Gasteiger partial charge in [0.25, 0.3) is 0 Å². The fourth-order valence-electron chi connectivity index (χ4n) is 3.55. The zero-order valence-corrected chi connectivity index (χ0v) is 17.1. The molecular weight excluding hydrogens is 393 g/mol. The molecule has 1 aliphatic rings. The number of benzene rings is 2. The van der Waals surface area contributed by atoms with Crippen molar-refractivity contribution in [2.75, 3.05) is 6.54 Å². The van der Waals surface area contributed by atoms with Gasteiger partial charge in [-0.25, -0.2) is 12.8 Å². The monoisotopic (exact) mass is 415 g/mol. The Hall–Kier alpha value is -2.58. The van der Waals surface area contributed by atoms with E-state index in [1.165, 1.54) is 16.4 Å². The van der Waals surface area contributed by atoms with Crippen molar-refractivity contribution in [2.45, 2.75) is 43.5 Å². The number of nitrogens with zero attached hydrogens (tertiary/aromatic N) is 3. The van der Waals surface area contributed by atoms with Crippen LogP contribution in [0.25, 0.3) is 11.4 Å². The van der Waals surface area contributed by atoms with Gasteiger partial charge in [-0.15, -0.1) is 0 Å². The summed E-state index contributed by atoms with van der Waals surface area (Å²) in [4.78, 5) is 4.60. The molecule has 1 saturated heterocycles. The Bertz CT molecular complexity index is 1110. The van der Waals surface area contributed by atoms with E-state index in [0.29, 0.717) is 30.9 Å². The Morgan fingerprint density at radius 1 is 1.17 bits per heavy atom. The number of aromatic nitrogens is 2. The van der Waals surface area contributed by atoms with Crippen LogP contribution in [0.3, 0.4) is 0 Å². The van der Waals surface area contributed by atoms with Crippen molar-refractivity contribution in [1.29, 1.82) is 0 Å². The molecule has 0 N–H and O–H groups in total. The van der Waals surface area contributed by atoms with E-state index in [2.05, 4.69) is 24.0 Å². The fourth-order valence-corrected chi connectivity index (χ4v) is 5.20. The Kier molecular flexibility index (Phi) is 5.23. The third-order valence-corrected chi connectivity index (χ3v) is 7.09. The molecule has 4 rings (SSSR count). The zero-order valence-electron chi connectivity index (χ0n) is 16.2. The summed E-state index contributed by atoms with van der Waals surface area (Å²) < 4.78 is 46.7. The largest absolute Gasteiger partial charge is 0.337 e. The maximum absolute atomic E-state index is 13.5. The molecule has 0 aliphatic carbocycles. The van der Waals surface area contributed by atoms with Crippen molar-refractivity contribution in [2.24, 2.45) is 0 Å². The average molecular weight is 415 g/mol. The van der Waals surface area contributed by atoms with E-state index in [1.54, 1.807) is 24.3 Å². The summed E-state index contributed by atoms with van der Waals surface area (Å²) in [6.45, 7) is 4.51. The highest BCUT2D eigenvalue weighted by atomic mass is 32.2. The molecule has 152 valence electrons.